The second-order valence-corrected chi connectivity index (χ2v) is 10.5. The monoisotopic (exact) mass is 603 g/mol. The zero-order valence-electron chi connectivity index (χ0n) is 24.4. The predicted molar refractivity (Wildman–Crippen MR) is 161 cm³/mol. The maximum Gasteiger partial charge on any atom is 0.319 e. The third-order valence-corrected chi connectivity index (χ3v) is 7.37. The summed E-state index contributed by atoms with van der Waals surface area (Å²) in [4.78, 5) is 23.7. The van der Waals surface area contributed by atoms with Crippen molar-refractivity contribution >= 4 is 22.6 Å². The van der Waals surface area contributed by atoms with Crippen molar-refractivity contribution < 1.29 is 32.9 Å². The maximum atomic E-state index is 13.2. The molecule has 0 radical (unpaired) electrons. The van der Waals surface area contributed by atoms with Crippen LogP contribution in [-0.2, 0) is 4.74 Å². The van der Waals surface area contributed by atoms with E-state index in [0.717, 1.165) is 44.8 Å². The number of benzene rings is 3. The Bertz CT molecular complexity index is 1580. The Hall–Kier alpha value is -4.68. The molecular weight excluding hydrogens is 569 g/mol. The molecule has 1 fully saturated rings. The Kier molecular flexibility index (Phi) is 9.18. The van der Waals surface area contributed by atoms with Crippen LogP contribution in [0.15, 0.2) is 60.9 Å². The summed E-state index contributed by atoms with van der Waals surface area (Å²) in [7, 11) is 0. The molecule has 0 saturated carbocycles. The number of ether oxygens (including phenoxy) is 5. The first-order chi connectivity index (χ1) is 21.5. The van der Waals surface area contributed by atoms with Crippen molar-refractivity contribution in [2.45, 2.75) is 19.4 Å². The standard InChI is InChI=1S/C32H34FN5O6/c1-21(22-3-5-23(33)6-4-22)36-32(39)37-24-7-9-25(10-8-24)44-31-28-26(34-20-35-31)19-27(29-30(28)43-18-17-42-29)41-14-2-11-38-12-15-40-16-13-38/h3-10,19-21H,2,11-18H2,1H3,(H2,36,37,39)/t21-/m0/s1. The number of carbonyl (C=O) groups is 1. The van der Waals surface area contributed by atoms with Gasteiger partial charge in [0.15, 0.2) is 11.5 Å². The lowest BCUT2D eigenvalue weighted by Gasteiger charge is -2.26. The molecule has 44 heavy (non-hydrogen) atoms. The first-order valence-corrected chi connectivity index (χ1v) is 14.6. The number of nitrogens with zero attached hydrogens (tertiary/aromatic N) is 3. The Morgan fingerprint density at radius 2 is 1.75 bits per heavy atom. The van der Waals surface area contributed by atoms with E-state index < -0.39 is 0 Å². The molecule has 0 unspecified atom stereocenters. The molecule has 3 heterocycles. The Labute approximate surface area is 254 Å². The molecule has 11 nitrogen and oxygen atoms in total. The highest BCUT2D eigenvalue weighted by Gasteiger charge is 2.25. The zero-order valence-corrected chi connectivity index (χ0v) is 24.4. The minimum Gasteiger partial charge on any atom is -0.489 e. The van der Waals surface area contributed by atoms with Crippen molar-refractivity contribution in [2.24, 2.45) is 0 Å². The molecule has 2 N–H and O–H groups in total. The van der Waals surface area contributed by atoms with Crippen LogP contribution < -0.4 is 29.6 Å². The lowest BCUT2D eigenvalue weighted by molar-refractivity contribution is 0.0357. The highest BCUT2D eigenvalue weighted by Crippen LogP contribution is 2.47. The smallest absolute Gasteiger partial charge is 0.319 e. The number of anilines is 1. The van der Waals surface area contributed by atoms with Crippen LogP contribution in [0.4, 0.5) is 14.9 Å². The second-order valence-electron chi connectivity index (χ2n) is 10.5. The number of nitrogens with one attached hydrogen (secondary N) is 2. The van der Waals surface area contributed by atoms with Crippen molar-refractivity contribution in [1.29, 1.82) is 0 Å². The molecule has 2 aliphatic rings. The van der Waals surface area contributed by atoms with E-state index >= 15 is 0 Å². The predicted octanol–water partition coefficient (Wildman–Crippen LogP) is 5.32. The number of rotatable bonds is 10. The van der Waals surface area contributed by atoms with Crippen LogP contribution in [0.2, 0.25) is 0 Å². The van der Waals surface area contributed by atoms with E-state index in [2.05, 4.69) is 25.5 Å². The lowest BCUT2D eigenvalue weighted by atomic mass is 10.1. The number of halogens is 1. The van der Waals surface area contributed by atoms with E-state index in [1.165, 1.54) is 18.5 Å². The molecular formula is C32H34FN5O6. The summed E-state index contributed by atoms with van der Waals surface area (Å²) in [5.41, 5.74) is 1.97. The number of fused-ring (bicyclic) bond motifs is 3. The van der Waals surface area contributed by atoms with E-state index in [9.17, 15) is 9.18 Å². The van der Waals surface area contributed by atoms with E-state index in [0.29, 0.717) is 65.3 Å². The van der Waals surface area contributed by atoms with Gasteiger partial charge in [0.2, 0.25) is 11.6 Å². The molecule has 0 aliphatic carbocycles. The molecule has 0 spiro atoms. The fourth-order valence-corrected chi connectivity index (χ4v) is 5.08. The fourth-order valence-electron chi connectivity index (χ4n) is 5.08. The van der Waals surface area contributed by atoms with Gasteiger partial charge in [0.05, 0.1) is 31.4 Å². The van der Waals surface area contributed by atoms with Gasteiger partial charge in [-0.2, -0.15) is 0 Å². The molecule has 1 aromatic heterocycles. The summed E-state index contributed by atoms with van der Waals surface area (Å²) in [5, 5.41) is 6.22. The highest BCUT2D eigenvalue weighted by molar-refractivity contribution is 5.94. The van der Waals surface area contributed by atoms with Gasteiger partial charge in [-0.05, 0) is 55.3 Å². The topological polar surface area (TPSA) is 116 Å². The first-order valence-electron chi connectivity index (χ1n) is 14.6. The van der Waals surface area contributed by atoms with Crippen LogP contribution in [0.3, 0.4) is 0 Å². The van der Waals surface area contributed by atoms with Crippen molar-refractivity contribution in [3.8, 4) is 28.9 Å². The van der Waals surface area contributed by atoms with E-state index in [1.54, 1.807) is 36.4 Å². The molecule has 3 aromatic carbocycles. The van der Waals surface area contributed by atoms with Crippen LogP contribution in [-0.4, -0.2) is 73.6 Å². The van der Waals surface area contributed by atoms with Crippen molar-refractivity contribution in [3.63, 3.8) is 0 Å². The number of amides is 2. The Balaban J connectivity index is 1.11. The Morgan fingerprint density at radius 3 is 2.52 bits per heavy atom. The number of hydrogen-bond donors (Lipinski definition) is 2. The quantitative estimate of drug-likeness (QED) is 0.233. The molecule has 12 heteroatoms. The van der Waals surface area contributed by atoms with Crippen LogP contribution in [0.5, 0.6) is 28.9 Å². The van der Waals surface area contributed by atoms with Gasteiger partial charge < -0.3 is 34.3 Å². The average molecular weight is 604 g/mol. The van der Waals surface area contributed by atoms with Gasteiger partial charge in [0, 0.05) is 31.4 Å². The number of carbonyl (C=O) groups excluding carboxylic acids is 1. The third kappa shape index (κ3) is 7.09. The minimum atomic E-state index is -0.389. The van der Waals surface area contributed by atoms with Gasteiger partial charge in [-0.25, -0.2) is 19.2 Å². The second kappa shape index (κ2) is 13.7. The van der Waals surface area contributed by atoms with Crippen LogP contribution in [0.1, 0.15) is 24.9 Å². The molecule has 4 aromatic rings. The fraction of sp³-hybridized carbons (Fsp3) is 0.344. The van der Waals surface area contributed by atoms with Crippen molar-refractivity contribution in [1.82, 2.24) is 20.2 Å². The van der Waals surface area contributed by atoms with Crippen molar-refractivity contribution in [3.05, 3.63) is 72.3 Å². The molecule has 1 saturated heterocycles. The molecule has 230 valence electrons. The summed E-state index contributed by atoms with van der Waals surface area (Å²) < 4.78 is 42.9. The third-order valence-electron chi connectivity index (χ3n) is 7.37. The normalized spacial score (nSPS) is 15.4. The highest BCUT2D eigenvalue weighted by atomic mass is 19.1. The first kappa shape index (κ1) is 29.4. The summed E-state index contributed by atoms with van der Waals surface area (Å²) in [6.45, 7) is 7.48. The van der Waals surface area contributed by atoms with Gasteiger partial charge in [-0.1, -0.05) is 12.1 Å². The minimum absolute atomic E-state index is 0.303. The molecule has 6 rings (SSSR count). The SMILES string of the molecule is C[C@H](NC(=O)Nc1ccc(Oc2ncnc3cc(OCCCN4CCOCC4)c4c(c23)OCCO4)cc1)c1ccc(F)cc1. The molecule has 0 bridgehead atoms. The lowest BCUT2D eigenvalue weighted by Crippen LogP contribution is -2.37. The summed E-state index contributed by atoms with van der Waals surface area (Å²) in [6.07, 6.45) is 2.30. The Morgan fingerprint density at radius 1 is 1.00 bits per heavy atom. The van der Waals surface area contributed by atoms with Crippen LogP contribution in [0, 0.1) is 5.82 Å². The largest absolute Gasteiger partial charge is 0.489 e. The number of morpholine rings is 1. The summed E-state index contributed by atoms with van der Waals surface area (Å²) in [5.74, 6) is 2.05. The maximum absolute atomic E-state index is 13.2. The van der Waals surface area contributed by atoms with Gasteiger partial charge in [-0.15, -0.1) is 0 Å². The van der Waals surface area contributed by atoms with Gasteiger partial charge in [0.1, 0.15) is 36.5 Å². The van der Waals surface area contributed by atoms with Gasteiger partial charge >= 0.3 is 6.03 Å². The average Bonchev–Trinajstić information content (AvgIpc) is 3.04. The van der Waals surface area contributed by atoms with Gasteiger partial charge in [-0.3, -0.25) is 4.90 Å². The summed E-state index contributed by atoms with van der Waals surface area (Å²) in [6, 6.07) is 14.0. The molecule has 2 aliphatic heterocycles. The summed E-state index contributed by atoms with van der Waals surface area (Å²) >= 11 is 0. The molecule has 1 atom stereocenters. The number of hydrogen-bond acceptors (Lipinski definition) is 9. The zero-order chi connectivity index (χ0) is 30.3. The van der Waals surface area contributed by atoms with E-state index in [4.69, 9.17) is 23.7 Å². The van der Waals surface area contributed by atoms with Crippen LogP contribution in [0.25, 0.3) is 10.9 Å². The van der Waals surface area contributed by atoms with E-state index in [1.807, 2.05) is 13.0 Å². The van der Waals surface area contributed by atoms with Crippen molar-refractivity contribution in [2.75, 3.05) is 58.0 Å². The number of aromatic nitrogens is 2. The van der Waals surface area contributed by atoms with Crippen LogP contribution >= 0.6 is 0 Å². The number of urea groups is 1. The van der Waals surface area contributed by atoms with Gasteiger partial charge in [0.25, 0.3) is 0 Å². The molecule has 2 amide bonds. The van der Waals surface area contributed by atoms with E-state index in [-0.39, 0.29) is 17.9 Å².